The van der Waals surface area contributed by atoms with Crippen LogP contribution in [0.2, 0.25) is 0 Å². The Morgan fingerprint density at radius 3 is 2.58 bits per heavy atom. The zero-order valence-electron chi connectivity index (χ0n) is 11.2. The van der Waals surface area contributed by atoms with Crippen LogP contribution in [-0.2, 0) is 6.54 Å². The maximum absolute atomic E-state index is 12.1. The fourth-order valence-electron chi connectivity index (χ4n) is 2.01. The van der Waals surface area contributed by atoms with E-state index in [1.807, 2.05) is 45.0 Å². The molecule has 1 amide bonds. The minimum absolute atomic E-state index is 0.0664. The third-order valence-corrected chi connectivity index (χ3v) is 3.51. The van der Waals surface area contributed by atoms with Gasteiger partial charge in [0.25, 0.3) is 5.91 Å². The van der Waals surface area contributed by atoms with Gasteiger partial charge in [0.05, 0.1) is 0 Å². The van der Waals surface area contributed by atoms with Crippen LogP contribution in [0.1, 0.15) is 33.0 Å². The minimum atomic E-state index is -0.0664. The second-order valence-corrected chi connectivity index (χ2v) is 5.50. The number of halogens is 1. The molecule has 2 rings (SSSR count). The Kier molecular flexibility index (Phi) is 4.10. The van der Waals surface area contributed by atoms with Crippen molar-refractivity contribution in [2.24, 2.45) is 0 Å². The highest BCUT2D eigenvalue weighted by Gasteiger charge is 2.10. The third-order valence-electron chi connectivity index (χ3n) is 3.02. The average molecular weight is 322 g/mol. The normalized spacial score (nSPS) is 10.5. The first-order chi connectivity index (χ1) is 8.97. The smallest absolute Gasteiger partial charge is 0.251 e. The van der Waals surface area contributed by atoms with Gasteiger partial charge in [-0.1, -0.05) is 15.9 Å². The van der Waals surface area contributed by atoms with Gasteiger partial charge in [-0.2, -0.15) is 0 Å². The molecule has 0 saturated heterocycles. The number of aryl methyl sites for hydroxylation is 3. The molecule has 0 spiro atoms. The average Bonchev–Trinajstić information content (AvgIpc) is 2.65. The molecule has 3 nitrogen and oxygen atoms in total. The third kappa shape index (κ3) is 3.26. The first-order valence-electron chi connectivity index (χ1n) is 6.07. The molecule has 4 heteroatoms. The Bertz CT molecular complexity index is 617. The maximum atomic E-state index is 12.1. The first kappa shape index (κ1) is 13.9. The number of hydrogen-bond donors (Lipinski definition) is 1. The topological polar surface area (TPSA) is 42.2 Å². The van der Waals surface area contributed by atoms with Gasteiger partial charge in [-0.3, -0.25) is 4.79 Å². The summed E-state index contributed by atoms with van der Waals surface area (Å²) in [6.45, 7) is 6.21. The second kappa shape index (κ2) is 5.61. The molecular formula is C15H16BrNO2. The SMILES string of the molecule is Cc1cc(CNC(=O)c2ccc(Br)cc2C)c(C)o1. The highest BCUT2D eigenvalue weighted by atomic mass is 79.9. The van der Waals surface area contributed by atoms with E-state index in [2.05, 4.69) is 21.2 Å². The maximum Gasteiger partial charge on any atom is 0.251 e. The van der Waals surface area contributed by atoms with Crippen LogP contribution in [0.5, 0.6) is 0 Å². The van der Waals surface area contributed by atoms with Gasteiger partial charge in [0.1, 0.15) is 11.5 Å². The summed E-state index contributed by atoms with van der Waals surface area (Å²) in [6, 6.07) is 7.57. The summed E-state index contributed by atoms with van der Waals surface area (Å²) in [5, 5.41) is 2.92. The molecule has 1 aromatic heterocycles. The highest BCUT2D eigenvalue weighted by Crippen LogP contribution is 2.17. The van der Waals surface area contributed by atoms with Gasteiger partial charge in [0.15, 0.2) is 0 Å². The Balaban J connectivity index is 2.07. The number of carbonyl (C=O) groups excluding carboxylic acids is 1. The molecule has 2 aromatic rings. The van der Waals surface area contributed by atoms with Crippen LogP contribution in [0.25, 0.3) is 0 Å². The van der Waals surface area contributed by atoms with E-state index in [1.165, 1.54) is 0 Å². The number of hydrogen-bond acceptors (Lipinski definition) is 2. The van der Waals surface area contributed by atoms with Gasteiger partial charge >= 0.3 is 0 Å². The lowest BCUT2D eigenvalue weighted by Crippen LogP contribution is -2.23. The summed E-state index contributed by atoms with van der Waals surface area (Å²) in [5.74, 6) is 1.65. The Morgan fingerprint density at radius 2 is 2.00 bits per heavy atom. The zero-order valence-corrected chi connectivity index (χ0v) is 12.8. The van der Waals surface area contributed by atoms with Crippen molar-refractivity contribution >= 4 is 21.8 Å². The molecular weight excluding hydrogens is 306 g/mol. The van der Waals surface area contributed by atoms with Gasteiger partial charge in [-0.25, -0.2) is 0 Å². The fraction of sp³-hybridized carbons (Fsp3) is 0.267. The van der Waals surface area contributed by atoms with Crippen molar-refractivity contribution in [2.75, 3.05) is 0 Å². The number of amides is 1. The van der Waals surface area contributed by atoms with E-state index in [1.54, 1.807) is 0 Å². The highest BCUT2D eigenvalue weighted by molar-refractivity contribution is 9.10. The van der Waals surface area contributed by atoms with E-state index < -0.39 is 0 Å². The van der Waals surface area contributed by atoms with Gasteiger partial charge in [-0.15, -0.1) is 0 Å². The van der Waals surface area contributed by atoms with Crippen molar-refractivity contribution in [3.8, 4) is 0 Å². The van der Waals surface area contributed by atoms with Crippen LogP contribution in [0.4, 0.5) is 0 Å². The van der Waals surface area contributed by atoms with E-state index in [-0.39, 0.29) is 5.91 Å². The number of benzene rings is 1. The van der Waals surface area contributed by atoms with Crippen molar-refractivity contribution in [2.45, 2.75) is 27.3 Å². The molecule has 0 fully saturated rings. The van der Waals surface area contributed by atoms with Gasteiger partial charge in [-0.05, 0) is 50.6 Å². The number of furan rings is 1. The number of nitrogens with one attached hydrogen (secondary N) is 1. The summed E-state index contributed by atoms with van der Waals surface area (Å²) in [7, 11) is 0. The molecule has 0 saturated carbocycles. The monoisotopic (exact) mass is 321 g/mol. The van der Waals surface area contributed by atoms with Gasteiger partial charge < -0.3 is 9.73 Å². The van der Waals surface area contributed by atoms with E-state index >= 15 is 0 Å². The molecule has 1 N–H and O–H groups in total. The summed E-state index contributed by atoms with van der Waals surface area (Å²) < 4.78 is 6.41. The minimum Gasteiger partial charge on any atom is -0.466 e. The van der Waals surface area contributed by atoms with Crippen molar-refractivity contribution in [1.29, 1.82) is 0 Å². The van der Waals surface area contributed by atoms with Crippen molar-refractivity contribution in [3.63, 3.8) is 0 Å². The fourth-order valence-corrected chi connectivity index (χ4v) is 2.49. The van der Waals surface area contributed by atoms with E-state index in [0.717, 1.165) is 27.1 Å². The second-order valence-electron chi connectivity index (χ2n) is 4.58. The quantitative estimate of drug-likeness (QED) is 0.931. The molecule has 0 unspecified atom stereocenters. The number of carbonyl (C=O) groups is 1. The lowest BCUT2D eigenvalue weighted by molar-refractivity contribution is 0.0950. The van der Waals surface area contributed by atoms with Gasteiger partial charge in [0.2, 0.25) is 0 Å². The largest absolute Gasteiger partial charge is 0.466 e. The molecule has 0 bridgehead atoms. The van der Waals surface area contributed by atoms with E-state index in [4.69, 9.17) is 4.42 Å². The van der Waals surface area contributed by atoms with Crippen LogP contribution in [0.3, 0.4) is 0 Å². The summed E-state index contributed by atoms with van der Waals surface area (Å²) >= 11 is 3.39. The molecule has 0 radical (unpaired) electrons. The summed E-state index contributed by atoms with van der Waals surface area (Å²) in [6.07, 6.45) is 0. The van der Waals surface area contributed by atoms with Crippen LogP contribution in [0, 0.1) is 20.8 Å². The predicted molar refractivity (Wildman–Crippen MR) is 78.2 cm³/mol. The van der Waals surface area contributed by atoms with E-state index in [9.17, 15) is 4.79 Å². The predicted octanol–water partition coefficient (Wildman–Crippen LogP) is 3.90. The molecule has 0 aliphatic heterocycles. The lowest BCUT2D eigenvalue weighted by atomic mass is 10.1. The standard InChI is InChI=1S/C15H16BrNO2/c1-9-6-13(16)4-5-14(9)15(18)17-8-12-7-10(2)19-11(12)3/h4-7H,8H2,1-3H3,(H,17,18). The van der Waals surface area contributed by atoms with Gasteiger partial charge in [0, 0.05) is 22.1 Å². The molecule has 100 valence electrons. The van der Waals surface area contributed by atoms with Crippen molar-refractivity contribution in [1.82, 2.24) is 5.32 Å². The molecule has 19 heavy (non-hydrogen) atoms. The zero-order chi connectivity index (χ0) is 14.0. The molecule has 1 heterocycles. The van der Waals surface area contributed by atoms with Crippen molar-refractivity contribution in [3.05, 3.63) is 56.9 Å². The molecule has 1 aromatic carbocycles. The summed E-state index contributed by atoms with van der Waals surface area (Å²) in [4.78, 5) is 12.1. The van der Waals surface area contributed by atoms with Crippen LogP contribution >= 0.6 is 15.9 Å². The lowest BCUT2D eigenvalue weighted by Gasteiger charge is -2.07. The molecule has 0 atom stereocenters. The first-order valence-corrected chi connectivity index (χ1v) is 6.87. The Morgan fingerprint density at radius 1 is 1.26 bits per heavy atom. The molecule has 0 aliphatic rings. The Hall–Kier alpha value is -1.55. The number of rotatable bonds is 3. The van der Waals surface area contributed by atoms with Crippen LogP contribution in [-0.4, -0.2) is 5.91 Å². The Labute approximate surface area is 121 Å². The van der Waals surface area contributed by atoms with Crippen LogP contribution < -0.4 is 5.32 Å². The summed E-state index contributed by atoms with van der Waals surface area (Å²) in [5.41, 5.74) is 2.66. The van der Waals surface area contributed by atoms with E-state index in [0.29, 0.717) is 12.1 Å². The van der Waals surface area contributed by atoms with Crippen molar-refractivity contribution < 1.29 is 9.21 Å². The molecule has 0 aliphatic carbocycles. The van der Waals surface area contributed by atoms with Crippen LogP contribution in [0.15, 0.2) is 33.2 Å².